The Morgan fingerprint density at radius 1 is 1.18 bits per heavy atom. The van der Waals surface area contributed by atoms with Crippen LogP contribution in [0.4, 0.5) is 3.89 Å². The van der Waals surface area contributed by atoms with Gasteiger partial charge in [-0.25, -0.2) is 0 Å². The van der Waals surface area contributed by atoms with Crippen LogP contribution in [0.15, 0.2) is 58.5 Å². The van der Waals surface area contributed by atoms with Crippen molar-refractivity contribution < 1.29 is 17.0 Å². The van der Waals surface area contributed by atoms with Gasteiger partial charge in [-0.2, -0.15) is 13.7 Å². The lowest BCUT2D eigenvalue weighted by atomic mass is 10.00. The van der Waals surface area contributed by atoms with Crippen LogP contribution in [0.3, 0.4) is 0 Å². The smallest absolute Gasteiger partial charge is 0.333 e. The Kier molecular flexibility index (Phi) is 6.12. The van der Waals surface area contributed by atoms with E-state index >= 15 is 0 Å². The summed E-state index contributed by atoms with van der Waals surface area (Å²) in [5, 5.41) is 11.1. The van der Waals surface area contributed by atoms with Crippen LogP contribution in [-0.2, 0) is 10.2 Å². The summed E-state index contributed by atoms with van der Waals surface area (Å²) in [5.41, 5.74) is 3.08. The van der Waals surface area contributed by atoms with E-state index in [-0.39, 0.29) is 17.4 Å². The van der Waals surface area contributed by atoms with Gasteiger partial charge in [0.25, 0.3) is 0 Å². The number of nitriles is 1. The van der Waals surface area contributed by atoms with Gasteiger partial charge < -0.3 is 19.2 Å². The molecule has 204 valence electrons. The third kappa shape index (κ3) is 4.29. The molecule has 11 heteroatoms. The van der Waals surface area contributed by atoms with Crippen molar-refractivity contribution in [2.75, 3.05) is 26.7 Å². The third-order valence-corrected chi connectivity index (χ3v) is 8.05. The first-order valence-corrected chi connectivity index (χ1v) is 14.2. The molecule has 1 N–H and O–H groups in total. The van der Waals surface area contributed by atoms with Crippen LogP contribution in [0.2, 0.25) is 0 Å². The minimum atomic E-state index is -4.99. The Morgan fingerprint density at radius 3 is 2.62 bits per heavy atom. The highest BCUT2D eigenvalue weighted by atomic mass is 32.3. The Bertz CT molecular complexity index is 2040. The number of likely N-dealkylation sites (tertiary alicyclic amines) is 1. The molecule has 0 aliphatic carbocycles. The number of pyridine rings is 2. The van der Waals surface area contributed by atoms with E-state index in [1.165, 1.54) is 12.3 Å². The predicted molar refractivity (Wildman–Crippen MR) is 151 cm³/mol. The SMILES string of the molecule is CC(C)COc1cc2c(=O)c3c4ccc(C#N)cc4[nH]c3n(C3CN(C)C3)c2cc1-c1cncc(S(=O)(=O)F)c1. The zero-order valence-electron chi connectivity index (χ0n) is 22.1. The first-order valence-electron chi connectivity index (χ1n) is 12.8. The molecule has 40 heavy (non-hydrogen) atoms. The largest absolute Gasteiger partial charge is 0.493 e. The molecule has 0 unspecified atom stereocenters. The van der Waals surface area contributed by atoms with Gasteiger partial charge in [0.05, 0.1) is 40.6 Å². The molecular weight excluding hydrogens is 533 g/mol. The van der Waals surface area contributed by atoms with Gasteiger partial charge in [0.15, 0.2) is 5.43 Å². The summed E-state index contributed by atoms with van der Waals surface area (Å²) in [6.45, 7) is 5.84. The lowest BCUT2D eigenvalue weighted by Crippen LogP contribution is -2.45. The summed E-state index contributed by atoms with van der Waals surface area (Å²) in [5.74, 6) is 0.545. The average Bonchev–Trinajstić information content (AvgIpc) is 3.28. The maximum Gasteiger partial charge on any atom is 0.333 e. The summed E-state index contributed by atoms with van der Waals surface area (Å²) in [6.07, 6.45) is 2.40. The molecule has 2 aromatic carbocycles. The van der Waals surface area contributed by atoms with Crippen molar-refractivity contribution >= 4 is 43.1 Å². The molecule has 0 amide bonds. The van der Waals surface area contributed by atoms with Crippen LogP contribution >= 0.6 is 0 Å². The molecule has 0 radical (unpaired) electrons. The Morgan fingerprint density at radius 2 is 1.95 bits per heavy atom. The minimum Gasteiger partial charge on any atom is -0.493 e. The molecule has 0 bridgehead atoms. The molecule has 1 aliphatic heterocycles. The first-order chi connectivity index (χ1) is 19.0. The minimum absolute atomic E-state index is 0.0464. The number of hydrogen-bond acceptors (Lipinski definition) is 7. The highest BCUT2D eigenvalue weighted by Gasteiger charge is 2.30. The first kappa shape index (κ1) is 26.0. The van der Waals surface area contributed by atoms with Crippen molar-refractivity contribution in [1.29, 1.82) is 5.26 Å². The molecule has 1 aliphatic rings. The Balaban J connectivity index is 1.72. The second kappa shape index (κ2) is 9.43. The lowest BCUT2D eigenvalue weighted by molar-refractivity contribution is 0.146. The van der Waals surface area contributed by atoms with Gasteiger partial charge in [-0.05, 0) is 43.3 Å². The number of nitrogens with one attached hydrogen (secondary N) is 1. The van der Waals surface area contributed by atoms with Crippen molar-refractivity contribution in [2.45, 2.75) is 24.8 Å². The molecule has 1 saturated heterocycles. The maximum absolute atomic E-state index is 14.1. The number of aromatic amines is 1. The summed E-state index contributed by atoms with van der Waals surface area (Å²) >= 11 is 0. The van der Waals surface area contributed by atoms with Gasteiger partial charge in [-0.3, -0.25) is 9.78 Å². The molecule has 0 spiro atoms. The zero-order chi connectivity index (χ0) is 28.3. The summed E-state index contributed by atoms with van der Waals surface area (Å²) in [4.78, 5) is 23.0. The molecule has 0 saturated carbocycles. The van der Waals surface area contributed by atoms with Crippen molar-refractivity contribution in [2.24, 2.45) is 5.92 Å². The van der Waals surface area contributed by atoms with E-state index in [4.69, 9.17) is 4.74 Å². The number of ether oxygens (including phenoxy) is 1. The molecular formula is C29H26FN5O4S. The molecule has 1 fully saturated rings. The van der Waals surface area contributed by atoms with E-state index in [2.05, 4.69) is 25.5 Å². The quantitative estimate of drug-likeness (QED) is 0.298. The molecule has 3 aromatic heterocycles. The number of rotatable bonds is 6. The Hall–Kier alpha value is -4.27. The van der Waals surface area contributed by atoms with Gasteiger partial charge >= 0.3 is 10.2 Å². The van der Waals surface area contributed by atoms with E-state index in [9.17, 15) is 22.4 Å². The van der Waals surface area contributed by atoms with Crippen molar-refractivity contribution in [1.82, 2.24) is 19.4 Å². The summed E-state index contributed by atoms with van der Waals surface area (Å²) < 4.78 is 45.4. The second-order valence-electron chi connectivity index (χ2n) is 10.7. The van der Waals surface area contributed by atoms with Crippen LogP contribution in [0.1, 0.15) is 25.5 Å². The van der Waals surface area contributed by atoms with Gasteiger partial charge in [0.2, 0.25) is 0 Å². The average molecular weight is 560 g/mol. The molecule has 6 rings (SSSR count). The number of H-pyrrole nitrogens is 1. The summed E-state index contributed by atoms with van der Waals surface area (Å²) in [6, 6.07) is 12.1. The number of hydrogen-bond donors (Lipinski definition) is 1. The number of fused-ring (bicyclic) bond motifs is 4. The number of aromatic nitrogens is 3. The number of nitrogens with zero attached hydrogens (tertiary/aromatic N) is 4. The van der Waals surface area contributed by atoms with E-state index in [0.29, 0.717) is 56.5 Å². The fourth-order valence-electron chi connectivity index (χ4n) is 5.38. The van der Waals surface area contributed by atoms with E-state index in [1.807, 2.05) is 20.9 Å². The lowest BCUT2D eigenvalue weighted by Gasteiger charge is -2.39. The van der Waals surface area contributed by atoms with Crippen molar-refractivity contribution in [3.05, 3.63) is 64.6 Å². The van der Waals surface area contributed by atoms with Crippen LogP contribution < -0.4 is 10.2 Å². The van der Waals surface area contributed by atoms with Crippen LogP contribution in [0, 0.1) is 17.2 Å². The monoisotopic (exact) mass is 559 g/mol. The normalized spacial score (nSPS) is 14.7. The molecule has 0 atom stereocenters. The zero-order valence-corrected chi connectivity index (χ0v) is 22.9. The predicted octanol–water partition coefficient (Wildman–Crippen LogP) is 4.75. The third-order valence-electron chi connectivity index (χ3n) is 7.27. The second-order valence-corrected chi connectivity index (χ2v) is 12.1. The van der Waals surface area contributed by atoms with Crippen molar-refractivity contribution in [3.8, 4) is 22.9 Å². The number of benzene rings is 2. The van der Waals surface area contributed by atoms with Crippen LogP contribution in [0.25, 0.3) is 44.0 Å². The van der Waals surface area contributed by atoms with Gasteiger partial charge in [-0.15, -0.1) is 3.89 Å². The van der Waals surface area contributed by atoms with E-state index < -0.39 is 15.1 Å². The van der Waals surface area contributed by atoms with Crippen LogP contribution in [0.5, 0.6) is 5.75 Å². The van der Waals surface area contributed by atoms with Gasteiger partial charge in [0, 0.05) is 47.5 Å². The highest BCUT2D eigenvalue weighted by Crippen LogP contribution is 2.38. The fourth-order valence-corrected chi connectivity index (χ4v) is 5.83. The summed E-state index contributed by atoms with van der Waals surface area (Å²) in [7, 11) is -2.97. The van der Waals surface area contributed by atoms with Crippen LogP contribution in [-0.4, -0.2) is 54.6 Å². The molecule has 4 heterocycles. The Labute approximate surface area is 229 Å². The highest BCUT2D eigenvalue weighted by molar-refractivity contribution is 7.86. The maximum atomic E-state index is 14.1. The fraction of sp³-hybridized carbons (Fsp3) is 0.276. The molecule has 5 aromatic rings. The van der Waals surface area contributed by atoms with Gasteiger partial charge in [-0.1, -0.05) is 19.9 Å². The molecule has 9 nitrogen and oxygen atoms in total. The van der Waals surface area contributed by atoms with Crippen molar-refractivity contribution in [3.63, 3.8) is 0 Å². The van der Waals surface area contributed by atoms with E-state index in [1.54, 1.807) is 30.3 Å². The topological polar surface area (TPSA) is 121 Å². The number of likely N-dealkylation sites (N-methyl/N-ethyl adjacent to an activating group) is 1. The standard InChI is InChI=1S/C29H26FN5O4S/c1-16(2)15-39-26-9-23-25(8-22(26)18-7-20(12-32-11-18)40(30,37)38)35(19-13-34(3)14-19)29-27(28(23)36)21-5-4-17(10-31)6-24(21)33-29/h4-9,11-12,16,19,33H,13-15H2,1-3H3. The van der Waals surface area contributed by atoms with E-state index in [0.717, 1.165) is 24.7 Å². The van der Waals surface area contributed by atoms with Gasteiger partial charge in [0.1, 0.15) is 16.3 Å². The number of halogens is 1.